The average Bonchev–Trinajstić information content (AvgIpc) is 2.22. The Bertz CT molecular complexity index is 356. The van der Waals surface area contributed by atoms with E-state index in [-0.39, 0.29) is 11.9 Å². The quantitative estimate of drug-likeness (QED) is 0.768. The van der Waals surface area contributed by atoms with Crippen molar-refractivity contribution in [3.8, 4) is 5.75 Å². The van der Waals surface area contributed by atoms with Crippen LogP contribution in [0.3, 0.4) is 0 Å². The van der Waals surface area contributed by atoms with Crippen LogP contribution in [0.25, 0.3) is 0 Å². The number of phenols is 1. The number of benzene rings is 1. The van der Waals surface area contributed by atoms with Gasteiger partial charge in [0.05, 0.1) is 12.7 Å². The number of morpholine rings is 1. The van der Waals surface area contributed by atoms with Gasteiger partial charge < -0.3 is 14.7 Å². The topological polar surface area (TPSA) is 32.7 Å². The third kappa shape index (κ3) is 2.21. The molecule has 0 bridgehead atoms. The second-order valence-corrected chi connectivity index (χ2v) is 3.76. The number of ether oxygens (including phenoxy) is 1. The van der Waals surface area contributed by atoms with E-state index in [1.54, 1.807) is 6.07 Å². The zero-order valence-corrected chi connectivity index (χ0v) is 8.61. The minimum atomic E-state index is -0.583. The summed E-state index contributed by atoms with van der Waals surface area (Å²) < 4.78 is 18.3. The summed E-state index contributed by atoms with van der Waals surface area (Å²) in [5.74, 6) is -0.883. The predicted octanol–water partition coefficient (Wildman–Crippen LogP) is 1.76. The van der Waals surface area contributed by atoms with Gasteiger partial charge in [-0.25, -0.2) is 4.39 Å². The molecule has 0 amide bonds. The highest BCUT2D eigenvalue weighted by atomic mass is 19.1. The zero-order chi connectivity index (χ0) is 10.8. The summed E-state index contributed by atoms with van der Waals surface area (Å²) in [6.45, 7) is 4.20. The molecular formula is C11H14FNO2. The maximum absolute atomic E-state index is 12.8. The van der Waals surface area contributed by atoms with Crippen molar-refractivity contribution in [2.45, 2.75) is 13.0 Å². The fourth-order valence-corrected chi connectivity index (χ4v) is 1.75. The number of anilines is 1. The van der Waals surface area contributed by atoms with E-state index in [0.717, 1.165) is 18.8 Å². The minimum Gasteiger partial charge on any atom is -0.505 e. The van der Waals surface area contributed by atoms with Gasteiger partial charge >= 0.3 is 0 Å². The first-order valence-corrected chi connectivity index (χ1v) is 5.02. The van der Waals surface area contributed by atoms with E-state index in [1.807, 2.05) is 6.92 Å². The summed E-state index contributed by atoms with van der Waals surface area (Å²) in [6.07, 6.45) is 0.172. The van der Waals surface area contributed by atoms with Crippen molar-refractivity contribution in [2.24, 2.45) is 0 Å². The predicted molar refractivity (Wildman–Crippen MR) is 55.7 cm³/mol. The highest BCUT2D eigenvalue weighted by Crippen LogP contribution is 2.24. The highest BCUT2D eigenvalue weighted by Gasteiger charge is 2.17. The van der Waals surface area contributed by atoms with Crippen molar-refractivity contribution in [1.82, 2.24) is 0 Å². The van der Waals surface area contributed by atoms with Crippen molar-refractivity contribution in [2.75, 3.05) is 24.6 Å². The Morgan fingerprint density at radius 2 is 2.33 bits per heavy atom. The third-order valence-electron chi connectivity index (χ3n) is 2.54. The molecule has 1 aliphatic heterocycles. The van der Waals surface area contributed by atoms with Gasteiger partial charge in [-0.1, -0.05) is 0 Å². The molecule has 0 radical (unpaired) electrons. The molecule has 0 aromatic heterocycles. The van der Waals surface area contributed by atoms with E-state index < -0.39 is 5.82 Å². The van der Waals surface area contributed by atoms with Crippen LogP contribution in [0, 0.1) is 5.82 Å². The lowest BCUT2D eigenvalue weighted by Gasteiger charge is -2.32. The molecule has 1 saturated heterocycles. The Labute approximate surface area is 88.1 Å². The summed E-state index contributed by atoms with van der Waals surface area (Å²) in [5.41, 5.74) is 0.837. The molecular weight excluding hydrogens is 197 g/mol. The number of aromatic hydroxyl groups is 1. The van der Waals surface area contributed by atoms with E-state index >= 15 is 0 Å². The van der Waals surface area contributed by atoms with E-state index in [1.165, 1.54) is 12.1 Å². The minimum absolute atomic E-state index is 0.172. The van der Waals surface area contributed by atoms with Crippen LogP contribution in [0.15, 0.2) is 18.2 Å². The normalized spacial score (nSPS) is 21.7. The first-order valence-electron chi connectivity index (χ1n) is 5.02. The molecule has 0 unspecified atom stereocenters. The average molecular weight is 211 g/mol. The Kier molecular flexibility index (Phi) is 2.77. The van der Waals surface area contributed by atoms with E-state index in [4.69, 9.17) is 4.74 Å². The molecule has 1 fully saturated rings. The molecule has 4 heteroatoms. The van der Waals surface area contributed by atoms with Gasteiger partial charge in [0.2, 0.25) is 0 Å². The molecule has 1 atom stereocenters. The van der Waals surface area contributed by atoms with Crippen molar-refractivity contribution in [3.63, 3.8) is 0 Å². The largest absolute Gasteiger partial charge is 0.505 e. The summed E-state index contributed by atoms with van der Waals surface area (Å²) in [6, 6.07) is 4.41. The molecule has 2 rings (SSSR count). The van der Waals surface area contributed by atoms with Gasteiger partial charge in [0.15, 0.2) is 11.6 Å². The number of nitrogens with zero attached hydrogens (tertiary/aromatic N) is 1. The van der Waals surface area contributed by atoms with Gasteiger partial charge in [0.1, 0.15) is 0 Å². The van der Waals surface area contributed by atoms with Crippen molar-refractivity contribution in [3.05, 3.63) is 24.0 Å². The van der Waals surface area contributed by atoms with Crippen LogP contribution in [0.4, 0.5) is 10.1 Å². The van der Waals surface area contributed by atoms with Crippen molar-refractivity contribution in [1.29, 1.82) is 0 Å². The Morgan fingerprint density at radius 3 is 3.00 bits per heavy atom. The van der Waals surface area contributed by atoms with Crippen LogP contribution in [0.5, 0.6) is 5.75 Å². The Hall–Kier alpha value is -1.29. The van der Waals surface area contributed by atoms with Crippen LogP contribution in [-0.4, -0.2) is 30.9 Å². The molecule has 1 N–H and O–H groups in total. The van der Waals surface area contributed by atoms with Crippen LogP contribution >= 0.6 is 0 Å². The molecule has 15 heavy (non-hydrogen) atoms. The summed E-state index contributed by atoms with van der Waals surface area (Å²) in [4.78, 5) is 2.08. The van der Waals surface area contributed by atoms with Gasteiger partial charge in [-0.2, -0.15) is 0 Å². The molecule has 0 spiro atoms. The first kappa shape index (κ1) is 10.2. The lowest BCUT2D eigenvalue weighted by atomic mass is 10.2. The number of phenolic OH excluding ortho intramolecular Hbond substituents is 1. The van der Waals surface area contributed by atoms with Gasteiger partial charge in [0, 0.05) is 24.8 Å². The number of hydrogen-bond donors (Lipinski definition) is 1. The molecule has 1 aromatic carbocycles. The number of rotatable bonds is 1. The van der Waals surface area contributed by atoms with E-state index in [0.29, 0.717) is 6.61 Å². The Balaban J connectivity index is 2.18. The summed E-state index contributed by atoms with van der Waals surface area (Å²) in [5, 5.41) is 9.26. The maximum atomic E-state index is 12.8. The van der Waals surface area contributed by atoms with Crippen molar-refractivity contribution < 1.29 is 14.2 Å². The molecule has 0 saturated carbocycles. The molecule has 82 valence electrons. The van der Waals surface area contributed by atoms with Gasteiger partial charge in [0.25, 0.3) is 0 Å². The first-order chi connectivity index (χ1) is 7.16. The fraction of sp³-hybridized carbons (Fsp3) is 0.455. The lowest BCUT2D eigenvalue weighted by molar-refractivity contribution is 0.0532. The standard InChI is InChI=1S/C11H14FNO2/c1-8-7-13(4-5-15-8)9-2-3-10(12)11(14)6-9/h2-3,6,8,14H,4-5,7H2,1H3/t8-/m1/s1. The molecule has 3 nitrogen and oxygen atoms in total. The second-order valence-electron chi connectivity index (χ2n) is 3.76. The maximum Gasteiger partial charge on any atom is 0.164 e. The van der Waals surface area contributed by atoms with Gasteiger partial charge in [-0.15, -0.1) is 0 Å². The number of halogens is 1. The highest BCUT2D eigenvalue weighted by molar-refractivity contribution is 5.51. The second kappa shape index (κ2) is 4.06. The zero-order valence-electron chi connectivity index (χ0n) is 8.61. The van der Waals surface area contributed by atoms with Gasteiger partial charge in [-0.3, -0.25) is 0 Å². The van der Waals surface area contributed by atoms with Crippen LogP contribution in [-0.2, 0) is 4.74 Å². The summed E-state index contributed by atoms with van der Waals surface area (Å²) >= 11 is 0. The molecule has 1 heterocycles. The van der Waals surface area contributed by atoms with E-state index in [9.17, 15) is 9.50 Å². The van der Waals surface area contributed by atoms with E-state index in [2.05, 4.69) is 4.90 Å². The van der Waals surface area contributed by atoms with Crippen LogP contribution in [0.1, 0.15) is 6.92 Å². The fourth-order valence-electron chi connectivity index (χ4n) is 1.75. The summed E-state index contributed by atoms with van der Waals surface area (Å²) in [7, 11) is 0. The Morgan fingerprint density at radius 1 is 1.53 bits per heavy atom. The van der Waals surface area contributed by atoms with Crippen LogP contribution < -0.4 is 4.90 Å². The van der Waals surface area contributed by atoms with Crippen molar-refractivity contribution >= 4 is 5.69 Å². The third-order valence-corrected chi connectivity index (χ3v) is 2.54. The number of hydrogen-bond acceptors (Lipinski definition) is 3. The smallest absolute Gasteiger partial charge is 0.164 e. The van der Waals surface area contributed by atoms with Gasteiger partial charge in [-0.05, 0) is 19.1 Å². The molecule has 1 aliphatic rings. The molecule has 0 aliphatic carbocycles. The SMILES string of the molecule is C[C@@H]1CN(c2ccc(F)c(O)c2)CCO1. The monoisotopic (exact) mass is 211 g/mol. The van der Waals surface area contributed by atoms with Crippen LogP contribution in [0.2, 0.25) is 0 Å². The lowest BCUT2D eigenvalue weighted by Crippen LogP contribution is -2.41. The molecule has 1 aromatic rings.